The van der Waals surface area contributed by atoms with Crippen molar-refractivity contribution < 1.29 is 17.6 Å². The van der Waals surface area contributed by atoms with Crippen LogP contribution in [-0.2, 0) is 9.84 Å². The highest BCUT2D eigenvalue weighted by atomic mass is 79.9. The third-order valence-corrected chi connectivity index (χ3v) is 4.88. The van der Waals surface area contributed by atoms with Crippen molar-refractivity contribution in [2.45, 2.75) is 31.7 Å². The molecule has 1 aromatic heterocycles. The number of halogens is 1. The molecule has 0 bridgehead atoms. The molecule has 0 aliphatic rings. The first kappa shape index (κ1) is 17.7. The fourth-order valence-corrected chi connectivity index (χ4v) is 3.40. The van der Waals surface area contributed by atoms with Crippen molar-refractivity contribution in [1.29, 1.82) is 0 Å². The smallest absolute Gasteiger partial charge is 0.294 e. The van der Waals surface area contributed by atoms with E-state index in [0.29, 0.717) is 10.4 Å². The monoisotopic (exact) mass is 399 g/mol. The molecule has 7 heteroatoms. The molecule has 124 valence electrons. The largest absolute Gasteiger partial charge is 0.444 e. The predicted octanol–water partition coefficient (Wildman–Crippen LogP) is 3.81. The standard InChI is InChI=1S/C16H18BrNO4S/c1-10(2)18(16(19)15-11(3)9-14(17)22-15)12-5-7-13(8-6-12)23(4,20)21/h5-10H,1-4H3. The lowest BCUT2D eigenvalue weighted by Gasteiger charge is -2.26. The second kappa shape index (κ2) is 6.49. The summed E-state index contributed by atoms with van der Waals surface area (Å²) in [7, 11) is -3.27. The molecule has 0 fully saturated rings. The number of aryl methyl sites for hydroxylation is 1. The highest BCUT2D eigenvalue weighted by Crippen LogP contribution is 2.26. The molecule has 2 aromatic rings. The Labute approximate surface area is 144 Å². The molecule has 1 aromatic carbocycles. The first-order chi connectivity index (χ1) is 10.6. The van der Waals surface area contributed by atoms with Gasteiger partial charge >= 0.3 is 0 Å². The first-order valence-corrected chi connectivity index (χ1v) is 9.69. The van der Waals surface area contributed by atoms with Crippen LogP contribution in [0.15, 0.2) is 44.3 Å². The van der Waals surface area contributed by atoms with Crippen LogP contribution < -0.4 is 4.90 Å². The average molecular weight is 400 g/mol. The average Bonchev–Trinajstić information content (AvgIpc) is 2.77. The molecule has 5 nitrogen and oxygen atoms in total. The minimum absolute atomic E-state index is 0.116. The van der Waals surface area contributed by atoms with E-state index in [2.05, 4.69) is 15.9 Å². The minimum atomic E-state index is -3.27. The third kappa shape index (κ3) is 3.84. The molecule has 0 unspecified atom stereocenters. The third-order valence-electron chi connectivity index (χ3n) is 3.36. The summed E-state index contributed by atoms with van der Waals surface area (Å²) in [5, 5.41) is 0. The van der Waals surface area contributed by atoms with Crippen LogP contribution in [0.4, 0.5) is 5.69 Å². The van der Waals surface area contributed by atoms with Crippen LogP contribution >= 0.6 is 15.9 Å². The molecule has 23 heavy (non-hydrogen) atoms. The van der Waals surface area contributed by atoms with Crippen LogP contribution in [0.1, 0.15) is 30.0 Å². The summed E-state index contributed by atoms with van der Waals surface area (Å²) in [6, 6.07) is 7.87. The lowest BCUT2D eigenvalue weighted by atomic mass is 10.2. The van der Waals surface area contributed by atoms with Gasteiger partial charge in [-0.05, 0) is 67.0 Å². The number of hydrogen-bond donors (Lipinski definition) is 0. The summed E-state index contributed by atoms with van der Waals surface area (Å²) in [6.45, 7) is 5.57. The van der Waals surface area contributed by atoms with Crippen LogP contribution in [0.3, 0.4) is 0 Å². The zero-order valence-corrected chi connectivity index (χ0v) is 15.7. The molecule has 1 heterocycles. The molecule has 0 saturated heterocycles. The van der Waals surface area contributed by atoms with Gasteiger partial charge in [-0.3, -0.25) is 4.79 Å². The zero-order chi connectivity index (χ0) is 17.4. The summed E-state index contributed by atoms with van der Waals surface area (Å²) >= 11 is 3.22. The van der Waals surface area contributed by atoms with Crippen LogP contribution in [0.2, 0.25) is 0 Å². The molecule has 0 spiro atoms. The second-order valence-corrected chi connectivity index (χ2v) is 8.39. The summed E-state index contributed by atoms with van der Waals surface area (Å²) in [5.41, 5.74) is 1.35. The summed E-state index contributed by atoms with van der Waals surface area (Å²) in [5.74, 6) is -0.00642. The Morgan fingerprint density at radius 2 is 1.78 bits per heavy atom. The molecule has 0 saturated carbocycles. The lowest BCUT2D eigenvalue weighted by molar-refractivity contribution is 0.0951. The number of hydrogen-bond acceptors (Lipinski definition) is 4. The SMILES string of the molecule is Cc1cc(Br)oc1C(=O)N(c1ccc(S(C)(=O)=O)cc1)C(C)C. The van der Waals surface area contributed by atoms with Gasteiger partial charge in [0.1, 0.15) is 0 Å². The van der Waals surface area contributed by atoms with Gasteiger partial charge in [-0.2, -0.15) is 0 Å². The van der Waals surface area contributed by atoms with Crippen LogP contribution in [0.25, 0.3) is 0 Å². The zero-order valence-electron chi connectivity index (χ0n) is 13.3. The molecule has 0 N–H and O–H groups in total. The maximum Gasteiger partial charge on any atom is 0.294 e. The van der Waals surface area contributed by atoms with Gasteiger partial charge in [0.15, 0.2) is 20.3 Å². The van der Waals surface area contributed by atoms with Crippen molar-refractivity contribution in [3.05, 3.63) is 46.3 Å². The predicted molar refractivity (Wildman–Crippen MR) is 92.6 cm³/mol. The molecular formula is C16H18BrNO4S. The Morgan fingerprint density at radius 3 is 2.17 bits per heavy atom. The topological polar surface area (TPSA) is 67.6 Å². The fraction of sp³-hybridized carbons (Fsp3) is 0.312. The van der Waals surface area contributed by atoms with Crippen LogP contribution in [0, 0.1) is 6.92 Å². The number of amides is 1. The summed E-state index contributed by atoms with van der Waals surface area (Å²) in [4.78, 5) is 14.6. The van der Waals surface area contributed by atoms with Gasteiger partial charge in [0.05, 0.1) is 4.90 Å². The van der Waals surface area contributed by atoms with Gasteiger partial charge in [-0.15, -0.1) is 0 Å². The van der Waals surface area contributed by atoms with Gasteiger partial charge < -0.3 is 9.32 Å². The Bertz CT molecular complexity index is 822. The molecule has 0 radical (unpaired) electrons. The quantitative estimate of drug-likeness (QED) is 0.783. The molecule has 0 aliphatic carbocycles. The Kier molecular flexibility index (Phi) is 5.01. The molecule has 2 rings (SSSR count). The number of anilines is 1. The number of sulfone groups is 1. The highest BCUT2D eigenvalue weighted by molar-refractivity contribution is 9.10. The lowest BCUT2D eigenvalue weighted by Crippen LogP contribution is -2.37. The van der Waals surface area contributed by atoms with E-state index in [1.807, 2.05) is 13.8 Å². The molecular weight excluding hydrogens is 382 g/mol. The maximum absolute atomic E-state index is 12.8. The van der Waals surface area contributed by atoms with E-state index in [9.17, 15) is 13.2 Å². The van der Waals surface area contributed by atoms with Gasteiger partial charge in [0.2, 0.25) is 0 Å². The normalized spacial score (nSPS) is 11.7. The Morgan fingerprint density at radius 1 is 1.22 bits per heavy atom. The number of benzene rings is 1. The second-order valence-electron chi connectivity index (χ2n) is 5.60. The molecule has 0 atom stereocenters. The van der Waals surface area contributed by atoms with Gasteiger partial charge in [-0.1, -0.05) is 0 Å². The van der Waals surface area contributed by atoms with Crippen molar-refractivity contribution in [2.24, 2.45) is 0 Å². The maximum atomic E-state index is 12.8. The molecule has 1 amide bonds. The van der Waals surface area contributed by atoms with Gasteiger partial charge in [-0.25, -0.2) is 8.42 Å². The van der Waals surface area contributed by atoms with E-state index < -0.39 is 9.84 Å². The van der Waals surface area contributed by atoms with E-state index in [-0.39, 0.29) is 22.6 Å². The van der Waals surface area contributed by atoms with Gasteiger partial charge in [0.25, 0.3) is 5.91 Å². The Balaban J connectivity index is 2.43. The van der Waals surface area contributed by atoms with Crippen molar-refractivity contribution in [1.82, 2.24) is 0 Å². The van der Waals surface area contributed by atoms with E-state index in [1.54, 1.807) is 30.0 Å². The van der Waals surface area contributed by atoms with Gasteiger partial charge in [0, 0.05) is 23.5 Å². The number of carbonyl (C=O) groups excluding carboxylic acids is 1. The van der Waals surface area contributed by atoms with Crippen LogP contribution in [0.5, 0.6) is 0 Å². The van der Waals surface area contributed by atoms with E-state index in [0.717, 1.165) is 11.8 Å². The van der Waals surface area contributed by atoms with Crippen molar-refractivity contribution in [3.8, 4) is 0 Å². The van der Waals surface area contributed by atoms with Crippen molar-refractivity contribution in [3.63, 3.8) is 0 Å². The summed E-state index contributed by atoms with van der Waals surface area (Å²) in [6.07, 6.45) is 1.15. The van der Waals surface area contributed by atoms with Crippen molar-refractivity contribution >= 4 is 37.4 Å². The van der Waals surface area contributed by atoms with Crippen LogP contribution in [-0.4, -0.2) is 26.6 Å². The van der Waals surface area contributed by atoms with E-state index >= 15 is 0 Å². The number of furan rings is 1. The molecule has 0 aliphatic heterocycles. The summed E-state index contributed by atoms with van der Waals surface area (Å²) < 4.78 is 29.0. The van der Waals surface area contributed by atoms with Crippen molar-refractivity contribution in [2.75, 3.05) is 11.2 Å². The minimum Gasteiger partial charge on any atom is -0.444 e. The number of rotatable bonds is 4. The Hall–Kier alpha value is -1.60. The highest BCUT2D eigenvalue weighted by Gasteiger charge is 2.25. The number of nitrogens with zero attached hydrogens (tertiary/aromatic N) is 1. The first-order valence-electron chi connectivity index (χ1n) is 7.01. The van der Waals surface area contributed by atoms with E-state index in [1.165, 1.54) is 12.1 Å². The number of carbonyl (C=O) groups is 1. The van der Waals surface area contributed by atoms with E-state index in [4.69, 9.17) is 4.42 Å². The fourth-order valence-electron chi connectivity index (χ4n) is 2.27.